The monoisotopic (exact) mass is 627 g/mol. The summed E-state index contributed by atoms with van der Waals surface area (Å²) in [6.45, 7) is 13.6. The maximum atomic E-state index is 13.6. The van der Waals surface area contributed by atoms with Crippen molar-refractivity contribution in [1.29, 1.82) is 0 Å². The Morgan fingerprint density at radius 1 is 0.933 bits per heavy atom. The van der Waals surface area contributed by atoms with E-state index in [2.05, 4.69) is 60.1 Å². The van der Waals surface area contributed by atoms with Crippen LogP contribution in [-0.2, 0) is 10.2 Å². The molecule has 5 rings (SSSR count). The van der Waals surface area contributed by atoms with E-state index >= 15 is 0 Å². The molecule has 0 aliphatic heterocycles. The molecule has 1 atom stereocenters. The Bertz CT molecular complexity index is 1900. The summed E-state index contributed by atoms with van der Waals surface area (Å²) in [6, 6.07) is 18.1. The number of benzene rings is 2. The number of ether oxygens (including phenoxy) is 1. The van der Waals surface area contributed by atoms with Crippen LogP contribution in [0.4, 0.5) is 10.5 Å². The highest BCUT2D eigenvalue weighted by Crippen LogP contribution is 2.31. The van der Waals surface area contributed by atoms with E-state index in [1.165, 1.54) is 16.9 Å². The highest BCUT2D eigenvalue weighted by Gasteiger charge is 2.23. The molecule has 0 aliphatic carbocycles. The first-order valence-electron chi connectivity index (χ1n) is 14.6. The van der Waals surface area contributed by atoms with Gasteiger partial charge in [0.05, 0.1) is 16.4 Å². The Hall–Kier alpha value is -4.77. The van der Waals surface area contributed by atoms with Crippen LogP contribution in [0.15, 0.2) is 65.2 Å². The SMILES string of the molecule is Cc1cc(C(=O)Nc2cccc([C@@H](CNC(=O)OC(C)(C)C)NC(=O)c3cc4cc5cc(C(C)(C)C)ccc5nc4s3)c2)no1. The fourth-order valence-corrected chi connectivity index (χ4v) is 5.62. The highest BCUT2D eigenvalue weighted by molar-refractivity contribution is 7.20. The van der Waals surface area contributed by atoms with E-state index < -0.39 is 23.6 Å². The predicted molar refractivity (Wildman–Crippen MR) is 176 cm³/mol. The molecular weight excluding hydrogens is 590 g/mol. The minimum atomic E-state index is -0.687. The lowest BCUT2D eigenvalue weighted by Gasteiger charge is -2.23. The summed E-state index contributed by atoms with van der Waals surface area (Å²) in [7, 11) is 0. The van der Waals surface area contributed by atoms with Crippen molar-refractivity contribution < 1.29 is 23.6 Å². The van der Waals surface area contributed by atoms with E-state index in [4.69, 9.17) is 14.2 Å². The van der Waals surface area contributed by atoms with Crippen molar-refractivity contribution in [2.75, 3.05) is 11.9 Å². The number of amides is 3. The molecule has 2 aromatic carbocycles. The van der Waals surface area contributed by atoms with Crippen molar-refractivity contribution in [3.63, 3.8) is 0 Å². The number of carbonyl (C=O) groups excluding carboxylic acids is 3. The lowest BCUT2D eigenvalue weighted by Crippen LogP contribution is -2.40. The van der Waals surface area contributed by atoms with Gasteiger partial charge in [0.1, 0.15) is 16.2 Å². The van der Waals surface area contributed by atoms with Crippen LogP contribution < -0.4 is 16.0 Å². The first kappa shape index (κ1) is 31.6. The first-order valence-corrected chi connectivity index (χ1v) is 15.4. The van der Waals surface area contributed by atoms with Gasteiger partial charge in [-0.1, -0.05) is 44.1 Å². The molecule has 0 saturated carbocycles. The minimum absolute atomic E-state index is 0.000477. The van der Waals surface area contributed by atoms with Crippen LogP contribution in [0.3, 0.4) is 0 Å². The van der Waals surface area contributed by atoms with Crippen molar-refractivity contribution in [3.8, 4) is 0 Å². The highest BCUT2D eigenvalue weighted by atomic mass is 32.1. The zero-order valence-electron chi connectivity index (χ0n) is 26.4. The smallest absolute Gasteiger partial charge is 0.407 e. The molecule has 0 saturated heterocycles. The normalized spacial score (nSPS) is 12.6. The van der Waals surface area contributed by atoms with Crippen molar-refractivity contribution in [1.82, 2.24) is 20.8 Å². The van der Waals surface area contributed by atoms with Crippen LogP contribution in [0.1, 0.15) is 84.6 Å². The Morgan fingerprint density at radius 2 is 1.71 bits per heavy atom. The third kappa shape index (κ3) is 7.85. The number of anilines is 1. The standard InChI is InChI=1S/C34H37N5O5S/c1-19-13-26(39-44-19)29(40)36-24-10-8-9-20(16-24)27(18-35-32(42)43-34(5,6)7)37-30(41)28-17-22-14-21-15-23(33(2,3)4)11-12-25(21)38-31(22)45-28/h8-17,27H,18H2,1-7H3,(H,35,42)(H,36,40)(H,37,41)/t27-/m1/s1. The van der Waals surface area contributed by atoms with Crippen molar-refractivity contribution >= 4 is 56.1 Å². The summed E-state index contributed by atoms with van der Waals surface area (Å²) in [5.74, 6) is -0.235. The molecule has 0 bridgehead atoms. The minimum Gasteiger partial charge on any atom is -0.444 e. The number of nitrogens with zero attached hydrogens (tertiary/aromatic N) is 2. The van der Waals surface area contributed by atoms with Crippen LogP contribution >= 0.6 is 11.3 Å². The van der Waals surface area contributed by atoms with Crippen molar-refractivity contribution in [2.24, 2.45) is 0 Å². The third-order valence-corrected chi connectivity index (χ3v) is 8.00. The van der Waals surface area contributed by atoms with E-state index in [1.54, 1.807) is 52.0 Å². The number of carbonyl (C=O) groups is 3. The summed E-state index contributed by atoms with van der Waals surface area (Å²) in [5.41, 5.74) is 2.68. The predicted octanol–water partition coefficient (Wildman–Crippen LogP) is 7.29. The molecule has 0 fully saturated rings. The fraction of sp³-hybridized carbons (Fsp3) is 0.324. The van der Waals surface area contributed by atoms with Gasteiger partial charge in [0, 0.05) is 29.1 Å². The average Bonchev–Trinajstić information content (AvgIpc) is 3.58. The van der Waals surface area contributed by atoms with Gasteiger partial charge in [0.15, 0.2) is 5.69 Å². The molecule has 3 aromatic heterocycles. The molecule has 11 heteroatoms. The molecule has 0 aliphatic rings. The summed E-state index contributed by atoms with van der Waals surface area (Å²) in [5, 5.41) is 14.3. The number of rotatable bonds is 7. The Kier molecular flexibility index (Phi) is 8.66. The largest absolute Gasteiger partial charge is 0.444 e. The summed E-state index contributed by atoms with van der Waals surface area (Å²) >= 11 is 1.30. The first-order chi connectivity index (χ1) is 21.1. The second-order valence-corrected chi connectivity index (χ2v) is 14.0. The maximum absolute atomic E-state index is 13.6. The van der Waals surface area contributed by atoms with E-state index in [0.29, 0.717) is 21.9 Å². The van der Waals surface area contributed by atoms with E-state index in [9.17, 15) is 14.4 Å². The van der Waals surface area contributed by atoms with Gasteiger partial charge in [0.2, 0.25) is 0 Å². The molecule has 3 amide bonds. The number of pyridine rings is 1. The van der Waals surface area contributed by atoms with Crippen molar-refractivity contribution in [2.45, 2.75) is 65.5 Å². The molecule has 5 aromatic rings. The number of hydrogen-bond acceptors (Lipinski definition) is 8. The van der Waals surface area contributed by atoms with Crippen LogP contribution in [0.25, 0.3) is 21.1 Å². The molecule has 45 heavy (non-hydrogen) atoms. The zero-order valence-corrected chi connectivity index (χ0v) is 27.2. The average molecular weight is 628 g/mol. The van der Waals surface area contributed by atoms with E-state index in [0.717, 1.165) is 21.1 Å². The summed E-state index contributed by atoms with van der Waals surface area (Å²) in [4.78, 5) is 44.9. The Morgan fingerprint density at radius 3 is 2.40 bits per heavy atom. The number of aromatic nitrogens is 2. The topological polar surface area (TPSA) is 135 Å². The molecule has 10 nitrogen and oxygen atoms in total. The summed E-state index contributed by atoms with van der Waals surface area (Å²) in [6.07, 6.45) is -0.611. The second kappa shape index (κ2) is 12.3. The van der Waals surface area contributed by atoms with Gasteiger partial charge >= 0.3 is 6.09 Å². The molecule has 0 unspecified atom stereocenters. The van der Waals surface area contributed by atoms with Crippen molar-refractivity contribution in [3.05, 3.63) is 88.1 Å². The molecule has 3 heterocycles. The fourth-order valence-electron chi connectivity index (χ4n) is 4.70. The number of thiophene rings is 1. The van der Waals surface area contributed by atoms with Gasteiger partial charge in [-0.2, -0.15) is 0 Å². The Balaban J connectivity index is 1.40. The molecular formula is C34H37N5O5S. The lowest BCUT2D eigenvalue weighted by molar-refractivity contribution is 0.0519. The second-order valence-electron chi connectivity index (χ2n) is 13.0. The van der Waals surface area contributed by atoms with Crippen LogP contribution in [0.5, 0.6) is 0 Å². The molecule has 0 radical (unpaired) electrons. The van der Waals surface area contributed by atoms with E-state index in [1.807, 2.05) is 18.2 Å². The van der Waals surface area contributed by atoms with Gasteiger partial charge < -0.3 is 25.2 Å². The number of nitrogens with one attached hydrogen (secondary N) is 3. The van der Waals surface area contributed by atoms with Gasteiger partial charge in [-0.3, -0.25) is 9.59 Å². The van der Waals surface area contributed by atoms with Gasteiger partial charge in [-0.05, 0) is 80.6 Å². The number of hydrogen-bond donors (Lipinski definition) is 3. The van der Waals surface area contributed by atoms with Gasteiger partial charge in [0.25, 0.3) is 11.8 Å². The third-order valence-electron chi connectivity index (χ3n) is 6.95. The van der Waals surface area contributed by atoms with Crippen LogP contribution in [0.2, 0.25) is 0 Å². The Labute approximate surface area is 265 Å². The quantitative estimate of drug-likeness (QED) is 0.172. The summed E-state index contributed by atoms with van der Waals surface area (Å²) < 4.78 is 10.4. The maximum Gasteiger partial charge on any atom is 0.407 e. The van der Waals surface area contributed by atoms with Crippen LogP contribution in [0, 0.1) is 6.92 Å². The van der Waals surface area contributed by atoms with Crippen LogP contribution in [-0.4, -0.2) is 40.2 Å². The van der Waals surface area contributed by atoms with Gasteiger partial charge in [-0.15, -0.1) is 11.3 Å². The molecule has 0 spiro atoms. The molecule has 234 valence electrons. The van der Waals surface area contributed by atoms with E-state index in [-0.39, 0.29) is 23.6 Å². The zero-order chi connectivity index (χ0) is 32.5. The number of alkyl carbamates (subject to hydrolysis) is 1. The molecule has 3 N–H and O–H groups in total. The lowest BCUT2D eigenvalue weighted by atomic mass is 9.86. The number of aryl methyl sites for hydroxylation is 1. The number of fused-ring (bicyclic) bond motifs is 2. The van der Waals surface area contributed by atoms with Gasteiger partial charge in [-0.25, -0.2) is 9.78 Å².